The normalized spacial score (nSPS) is 11.9. The van der Waals surface area contributed by atoms with E-state index in [9.17, 15) is 0 Å². The van der Waals surface area contributed by atoms with Crippen LogP contribution in [-0.2, 0) is 0 Å². The first-order valence-electron chi connectivity index (χ1n) is 8.82. The lowest BCUT2D eigenvalue weighted by atomic mass is 10.1. The topological polar surface area (TPSA) is 20.2 Å². The largest absolute Gasteiger partial charge is 0.392 e. The van der Waals surface area contributed by atoms with Crippen LogP contribution in [0.25, 0.3) is 0 Å². The van der Waals surface area contributed by atoms with Gasteiger partial charge in [0.25, 0.3) is 0 Å². The van der Waals surface area contributed by atoms with Gasteiger partial charge in [0.2, 0.25) is 0 Å². The van der Waals surface area contributed by atoms with Gasteiger partial charge in [-0.2, -0.15) is 0 Å². The molecule has 0 heterocycles. The van der Waals surface area contributed by atoms with Gasteiger partial charge in [0, 0.05) is 0 Å². The van der Waals surface area contributed by atoms with E-state index < -0.39 is 0 Å². The molecule has 0 aromatic rings. The highest BCUT2D eigenvalue weighted by molar-refractivity contribution is 4.87. The zero-order valence-corrected chi connectivity index (χ0v) is 13.7. The van der Waals surface area contributed by atoms with Gasteiger partial charge in [-0.05, 0) is 25.7 Å². The van der Waals surface area contributed by atoms with Gasteiger partial charge in [0.15, 0.2) is 0 Å². The van der Waals surface area contributed by atoms with E-state index in [2.05, 4.69) is 19.1 Å². The molecule has 0 aromatic heterocycles. The van der Waals surface area contributed by atoms with Crippen LogP contribution < -0.4 is 0 Å². The van der Waals surface area contributed by atoms with Crippen molar-refractivity contribution in [2.45, 2.75) is 90.4 Å². The molecule has 0 aromatic carbocycles. The number of rotatable bonds is 15. The second-order valence-electron chi connectivity index (χ2n) is 5.67. The lowest BCUT2D eigenvalue weighted by molar-refractivity contribution is 0.342. The van der Waals surface area contributed by atoms with Crippen LogP contribution in [0, 0.1) is 0 Å². The Bertz CT molecular complexity index is 218. The molecule has 118 valence electrons. The number of unbranched alkanes of at least 4 members (excludes halogenated alkanes) is 11. The molecule has 0 aliphatic rings. The molecule has 0 aliphatic heterocycles. The molecule has 20 heavy (non-hydrogen) atoms. The predicted octanol–water partition coefficient (Wildman–Crippen LogP) is 6.18. The van der Waals surface area contributed by atoms with E-state index in [0.29, 0.717) is 0 Å². The van der Waals surface area contributed by atoms with E-state index in [0.717, 1.165) is 12.8 Å². The number of hydrogen-bond donors (Lipinski definition) is 1. The first-order chi connectivity index (χ1) is 9.91. The lowest BCUT2D eigenvalue weighted by Crippen LogP contribution is -1.81. The third-order valence-corrected chi connectivity index (χ3v) is 3.66. The smallest absolute Gasteiger partial charge is 0.0612 e. The van der Waals surface area contributed by atoms with Gasteiger partial charge >= 0.3 is 0 Å². The van der Waals surface area contributed by atoms with Gasteiger partial charge in [-0.1, -0.05) is 89.0 Å². The standard InChI is InChI=1S/C19H36O/c1-2-3-4-5-6-7-8-9-10-11-12-13-14-15-16-17-18-19-20/h13-14,17-18,20H,2-12,15-16,19H2,1H3. The van der Waals surface area contributed by atoms with Crippen molar-refractivity contribution in [3.8, 4) is 0 Å². The molecule has 0 rings (SSSR count). The zero-order valence-electron chi connectivity index (χ0n) is 13.7. The Morgan fingerprint density at radius 2 is 1.00 bits per heavy atom. The van der Waals surface area contributed by atoms with E-state index in [-0.39, 0.29) is 6.61 Å². The number of aliphatic hydroxyl groups is 1. The summed E-state index contributed by atoms with van der Waals surface area (Å²) in [4.78, 5) is 0. The lowest BCUT2D eigenvalue weighted by Gasteiger charge is -2.01. The van der Waals surface area contributed by atoms with E-state index in [1.165, 1.54) is 70.6 Å². The number of hydrogen-bond acceptors (Lipinski definition) is 1. The summed E-state index contributed by atoms with van der Waals surface area (Å²) in [6, 6.07) is 0. The van der Waals surface area contributed by atoms with E-state index in [1.807, 2.05) is 12.2 Å². The molecule has 0 aliphatic carbocycles. The Labute approximate surface area is 127 Å². The predicted molar refractivity (Wildman–Crippen MR) is 91.1 cm³/mol. The monoisotopic (exact) mass is 280 g/mol. The second kappa shape index (κ2) is 18.4. The van der Waals surface area contributed by atoms with Crippen molar-refractivity contribution >= 4 is 0 Å². The molecule has 0 amide bonds. The van der Waals surface area contributed by atoms with Crippen molar-refractivity contribution < 1.29 is 5.11 Å². The molecule has 0 fully saturated rings. The summed E-state index contributed by atoms with van der Waals surface area (Å²) in [7, 11) is 0. The molecule has 0 unspecified atom stereocenters. The van der Waals surface area contributed by atoms with Crippen molar-refractivity contribution in [2.75, 3.05) is 6.61 Å². The van der Waals surface area contributed by atoms with Gasteiger partial charge in [0.1, 0.15) is 0 Å². The van der Waals surface area contributed by atoms with E-state index in [1.54, 1.807) is 0 Å². The minimum atomic E-state index is 0.169. The molecule has 0 atom stereocenters. The van der Waals surface area contributed by atoms with Gasteiger partial charge in [-0.15, -0.1) is 0 Å². The Hall–Kier alpha value is -0.560. The molecular formula is C19H36O. The first kappa shape index (κ1) is 19.4. The molecule has 0 saturated carbocycles. The second-order valence-corrected chi connectivity index (χ2v) is 5.67. The zero-order chi connectivity index (χ0) is 14.7. The van der Waals surface area contributed by atoms with Crippen molar-refractivity contribution in [1.82, 2.24) is 0 Å². The van der Waals surface area contributed by atoms with Crippen LogP contribution in [0.1, 0.15) is 90.4 Å². The van der Waals surface area contributed by atoms with Crippen LogP contribution in [-0.4, -0.2) is 11.7 Å². The molecule has 0 saturated heterocycles. The summed E-state index contributed by atoms with van der Waals surface area (Å²) in [6.45, 7) is 2.45. The fraction of sp³-hybridized carbons (Fsp3) is 0.789. The van der Waals surface area contributed by atoms with Crippen LogP contribution in [0.3, 0.4) is 0 Å². The number of allylic oxidation sites excluding steroid dienone is 3. The minimum Gasteiger partial charge on any atom is -0.392 e. The van der Waals surface area contributed by atoms with Gasteiger partial charge < -0.3 is 5.11 Å². The van der Waals surface area contributed by atoms with Crippen molar-refractivity contribution in [1.29, 1.82) is 0 Å². The van der Waals surface area contributed by atoms with Gasteiger partial charge in [-0.25, -0.2) is 0 Å². The Kier molecular flexibility index (Phi) is 17.9. The maximum absolute atomic E-state index is 8.58. The Balaban J connectivity index is 3.05. The van der Waals surface area contributed by atoms with Crippen molar-refractivity contribution in [2.24, 2.45) is 0 Å². The maximum Gasteiger partial charge on any atom is 0.0612 e. The van der Waals surface area contributed by atoms with Crippen molar-refractivity contribution in [3.05, 3.63) is 24.3 Å². The van der Waals surface area contributed by atoms with Gasteiger partial charge in [-0.3, -0.25) is 0 Å². The summed E-state index contributed by atoms with van der Waals surface area (Å²) >= 11 is 0. The summed E-state index contributed by atoms with van der Waals surface area (Å²) < 4.78 is 0. The fourth-order valence-electron chi connectivity index (χ4n) is 2.37. The van der Waals surface area contributed by atoms with Crippen LogP contribution in [0.4, 0.5) is 0 Å². The highest BCUT2D eigenvalue weighted by Gasteiger charge is 1.91. The van der Waals surface area contributed by atoms with Gasteiger partial charge in [0.05, 0.1) is 6.61 Å². The van der Waals surface area contributed by atoms with E-state index >= 15 is 0 Å². The third-order valence-electron chi connectivity index (χ3n) is 3.66. The quantitative estimate of drug-likeness (QED) is 0.280. The first-order valence-corrected chi connectivity index (χ1v) is 8.82. The highest BCUT2D eigenvalue weighted by Crippen LogP contribution is 2.11. The van der Waals surface area contributed by atoms with Crippen LogP contribution in [0.2, 0.25) is 0 Å². The molecule has 0 spiro atoms. The maximum atomic E-state index is 8.58. The average molecular weight is 280 g/mol. The molecule has 1 N–H and O–H groups in total. The summed E-state index contributed by atoms with van der Waals surface area (Å²) in [5.74, 6) is 0. The SMILES string of the molecule is CCCCCCCCCCCCC=CCCC=CCO. The molecular weight excluding hydrogens is 244 g/mol. The Morgan fingerprint density at radius 1 is 0.550 bits per heavy atom. The summed E-state index contributed by atoms with van der Waals surface area (Å²) in [6.07, 6.45) is 26.0. The molecule has 1 nitrogen and oxygen atoms in total. The molecule has 0 radical (unpaired) electrons. The van der Waals surface area contributed by atoms with Crippen LogP contribution >= 0.6 is 0 Å². The van der Waals surface area contributed by atoms with Crippen LogP contribution in [0.5, 0.6) is 0 Å². The van der Waals surface area contributed by atoms with Crippen molar-refractivity contribution in [3.63, 3.8) is 0 Å². The molecule has 1 heteroatoms. The minimum absolute atomic E-state index is 0.169. The average Bonchev–Trinajstić information content (AvgIpc) is 2.47. The fourth-order valence-corrected chi connectivity index (χ4v) is 2.37. The summed E-state index contributed by atoms with van der Waals surface area (Å²) in [5, 5.41) is 8.58. The summed E-state index contributed by atoms with van der Waals surface area (Å²) in [5.41, 5.74) is 0. The number of aliphatic hydroxyl groups excluding tert-OH is 1. The van der Waals surface area contributed by atoms with E-state index in [4.69, 9.17) is 5.11 Å². The third kappa shape index (κ3) is 17.4. The van der Waals surface area contributed by atoms with Crippen LogP contribution in [0.15, 0.2) is 24.3 Å². The highest BCUT2D eigenvalue weighted by atomic mass is 16.2. The molecule has 0 bridgehead atoms. The Morgan fingerprint density at radius 3 is 1.55 bits per heavy atom.